The lowest BCUT2D eigenvalue weighted by molar-refractivity contribution is 0.150. The standard InChI is InChI=1S/C10H22O.C2H4O/c1-3-5-6-7-9-10(11)8-4-2;1-2-3-1/h10-11H,3-9H2,1-2H3;1-2H2. The topological polar surface area (TPSA) is 32.8 Å². The van der Waals surface area contributed by atoms with Crippen LogP contribution in [-0.4, -0.2) is 24.4 Å². The van der Waals surface area contributed by atoms with E-state index in [0.717, 1.165) is 32.5 Å². The monoisotopic (exact) mass is 202 g/mol. The van der Waals surface area contributed by atoms with E-state index in [0.29, 0.717) is 0 Å². The first kappa shape index (κ1) is 13.9. The lowest BCUT2D eigenvalue weighted by Gasteiger charge is -2.07. The van der Waals surface area contributed by atoms with Crippen molar-refractivity contribution < 1.29 is 9.84 Å². The van der Waals surface area contributed by atoms with Crippen molar-refractivity contribution in [2.75, 3.05) is 13.2 Å². The first-order chi connectivity index (χ1) is 6.81. The molecule has 1 rings (SSSR count). The van der Waals surface area contributed by atoms with Crippen molar-refractivity contribution in [2.24, 2.45) is 0 Å². The van der Waals surface area contributed by atoms with E-state index in [1.54, 1.807) is 0 Å². The van der Waals surface area contributed by atoms with Gasteiger partial charge in [0.05, 0.1) is 19.3 Å². The fourth-order valence-electron chi connectivity index (χ4n) is 1.28. The summed E-state index contributed by atoms with van der Waals surface area (Å²) in [5.74, 6) is 0. The van der Waals surface area contributed by atoms with Crippen molar-refractivity contribution in [3.05, 3.63) is 0 Å². The molecule has 1 N–H and O–H groups in total. The summed E-state index contributed by atoms with van der Waals surface area (Å²) >= 11 is 0. The maximum atomic E-state index is 9.35. The van der Waals surface area contributed by atoms with Crippen LogP contribution in [0.4, 0.5) is 0 Å². The molecule has 2 heteroatoms. The number of ether oxygens (including phenoxy) is 1. The average Bonchev–Trinajstić information content (AvgIpc) is 2.99. The van der Waals surface area contributed by atoms with Crippen LogP contribution in [0.5, 0.6) is 0 Å². The SMILES string of the molecule is C1CO1.CCCCCCC(O)CCC. The van der Waals surface area contributed by atoms with E-state index in [2.05, 4.69) is 18.6 Å². The van der Waals surface area contributed by atoms with Gasteiger partial charge in [-0.15, -0.1) is 0 Å². The largest absolute Gasteiger partial charge is 0.393 e. The third-order valence-corrected chi connectivity index (χ3v) is 2.22. The molecule has 0 saturated carbocycles. The van der Waals surface area contributed by atoms with E-state index >= 15 is 0 Å². The van der Waals surface area contributed by atoms with E-state index in [9.17, 15) is 5.11 Å². The van der Waals surface area contributed by atoms with E-state index in [-0.39, 0.29) is 6.10 Å². The zero-order chi connectivity index (χ0) is 10.6. The van der Waals surface area contributed by atoms with Gasteiger partial charge in [-0.3, -0.25) is 0 Å². The number of rotatable bonds is 7. The molecule has 1 aliphatic heterocycles. The third-order valence-electron chi connectivity index (χ3n) is 2.22. The van der Waals surface area contributed by atoms with Crippen molar-refractivity contribution in [2.45, 2.75) is 64.9 Å². The zero-order valence-electron chi connectivity index (χ0n) is 9.80. The Morgan fingerprint density at radius 3 is 2.07 bits per heavy atom. The Kier molecular flexibility index (Phi) is 10.9. The predicted octanol–water partition coefficient (Wildman–Crippen LogP) is 3.13. The Labute approximate surface area is 88.7 Å². The fraction of sp³-hybridized carbons (Fsp3) is 1.00. The maximum absolute atomic E-state index is 9.35. The summed E-state index contributed by atoms with van der Waals surface area (Å²) < 4.78 is 4.50. The molecule has 0 aliphatic carbocycles. The van der Waals surface area contributed by atoms with Crippen LogP contribution >= 0.6 is 0 Å². The van der Waals surface area contributed by atoms with Crippen LogP contribution in [-0.2, 0) is 4.74 Å². The highest BCUT2D eigenvalue weighted by atomic mass is 16.6. The Morgan fingerprint density at radius 2 is 1.64 bits per heavy atom. The smallest absolute Gasteiger partial charge is 0.0701 e. The molecule has 0 bridgehead atoms. The van der Waals surface area contributed by atoms with Gasteiger partial charge in [0.15, 0.2) is 0 Å². The van der Waals surface area contributed by atoms with Gasteiger partial charge in [0.1, 0.15) is 0 Å². The first-order valence-corrected chi connectivity index (χ1v) is 6.07. The van der Waals surface area contributed by atoms with Crippen molar-refractivity contribution in [3.63, 3.8) is 0 Å². The Bertz CT molecular complexity index is 99.7. The number of hydrogen-bond donors (Lipinski definition) is 1. The molecule has 1 heterocycles. The lowest BCUT2D eigenvalue weighted by atomic mass is 10.1. The van der Waals surface area contributed by atoms with Gasteiger partial charge >= 0.3 is 0 Å². The van der Waals surface area contributed by atoms with Gasteiger partial charge in [-0.1, -0.05) is 46.0 Å². The Morgan fingerprint density at radius 1 is 1.00 bits per heavy atom. The van der Waals surface area contributed by atoms with Crippen LogP contribution in [0, 0.1) is 0 Å². The van der Waals surface area contributed by atoms with Crippen molar-refractivity contribution in [3.8, 4) is 0 Å². The van der Waals surface area contributed by atoms with Gasteiger partial charge in [-0.05, 0) is 12.8 Å². The highest BCUT2D eigenvalue weighted by Crippen LogP contribution is 2.08. The molecule has 1 saturated heterocycles. The van der Waals surface area contributed by atoms with Crippen LogP contribution in [0.1, 0.15) is 58.8 Å². The minimum absolute atomic E-state index is 0.0307. The van der Waals surface area contributed by atoms with Gasteiger partial charge in [-0.2, -0.15) is 0 Å². The molecule has 0 aromatic rings. The first-order valence-electron chi connectivity index (χ1n) is 6.07. The molecule has 14 heavy (non-hydrogen) atoms. The van der Waals surface area contributed by atoms with Crippen LogP contribution < -0.4 is 0 Å². The summed E-state index contributed by atoms with van der Waals surface area (Å²) in [6.07, 6.45) is 8.15. The minimum atomic E-state index is -0.0307. The summed E-state index contributed by atoms with van der Waals surface area (Å²) in [5.41, 5.74) is 0. The molecule has 2 nitrogen and oxygen atoms in total. The number of aliphatic hydroxyl groups is 1. The molecule has 1 atom stereocenters. The second-order valence-corrected chi connectivity index (χ2v) is 3.90. The summed E-state index contributed by atoms with van der Waals surface area (Å²) in [6.45, 7) is 6.33. The molecule has 1 unspecified atom stereocenters. The molecule has 1 fully saturated rings. The summed E-state index contributed by atoms with van der Waals surface area (Å²) in [5, 5.41) is 9.35. The normalized spacial score (nSPS) is 15.6. The molecule has 0 amide bonds. The number of epoxide rings is 1. The van der Waals surface area contributed by atoms with E-state index in [4.69, 9.17) is 0 Å². The quantitative estimate of drug-likeness (QED) is 0.508. The Hall–Kier alpha value is -0.0800. The minimum Gasteiger partial charge on any atom is -0.393 e. The van der Waals surface area contributed by atoms with Gasteiger partial charge < -0.3 is 9.84 Å². The number of hydrogen-bond acceptors (Lipinski definition) is 2. The van der Waals surface area contributed by atoms with Crippen LogP contribution in [0.3, 0.4) is 0 Å². The van der Waals surface area contributed by atoms with E-state index in [1.807, 2.05) is 0 Å². The molecule has 0 radical (unpaired) electrons. The number of aliphatic hydroxyl groups excluding tert-OH is 1. The van der Waals surface area contributed by atoms with Crippen molar-refractivity contribution >= 4 is 0 Å². The highest BCUT2D eigenvalue weighted by molar-refractivity contribution is 4.54. The summed E-state index contributed by atoms with van der Waals surface area (Å²) in [4.78, 5) is 0. The van der Waals surface area contributed by atoms with E-state index < -0.39 is 0 Å². The fourth-order valence-corrected chi connectivity index (χ4v) is 1.28. The maximum Gasteiger partial charge on any atom is 0.0701 e. The molecular weight excluding hydrogens is 176 g/mol. The van der Waals surface area contributed by atoms with Gasteiger partial charge in [0.2, 0.25) is 0 Å². The Balaban J connectivity index is 0.000000469. The molecular formula is C12H26O2. The summed E-state index contributed by atoms with van der Waals surface area (Å²) in [6, 6.07) is 0. The van der Waals surface area contributed by atoms with Crippen LogP contribution in [0.25, 0.3) is 0 Å². The van der Waals surface area contributed by atoms with Crippen LogP contribution in [0.15, 0.2) is 0 Å². The zero-order valence-corrected chi connectivity index (χ0v) is 9.80. The average molecular weight is 202 g/mol. The molecule has 1 aliphatic rings. The molecule has 0 aromatic carbocycles. The lowest BCUT2D eigenvalue weighted by Crippen LogP contribution is -2.04. The van der Waals surface area contributed by atoms with Gasteiger partial charge in [0, 0.05) is 0 Å². The van der Waals surface area contributed by atoms with E-state index in [1.165, 1.54) is 25.7 Å². The molecule has 86 valence electrons. The number of unbranched alkanes of at least 4 members (excludes halogenated alkanes) is 3. The second-order valence-electron chi connectivity index (χ2n) is 3.90. The second kappa shape index (κ2) is 11.0. The third kappa shape index (κ3) is 14.4. The summed E-state index contributed by atoms with van der Waals surface area (Å²) in [7, 11) is 0. The van der Waals surface area contributed by atoms with Crippen molar-refractivity contribution in [1.82, 2.24) is 0 Å². The van der Waals surface area contributed by atoms with Crippen molar-refractivity contribution in [1.29, 1.82) is 0 Å². The van der Waals surface area contributed by atoms with Gasteiger partial charge in [-0.25, -0.2) is 0 Å². The molecule has 0 spiro atoms. The highest BCUT2D eigenvalue weighted by Gasteiger charge is 2.00. The molecule has 0 aromatic heterocycles. The predicted molar refractivity (Wildman–Crippen MR) is 60.5 cm³/mol. The van der Waals surface area contributed by atoms with Crippen LogP contribution in [0.2, 0.25) is 0 Å². The van der Waals surface area contributed by atoms with Gasteiger partial charge in [0.25, 0.3) is 0 Å².